The van der Waals surface area contributed by atoms with Crippen molar-refractivity contribution in [2.24, 2.45) is 0 Å². The zero-order valence-electron chi connectivity index (χ0n) is 5.35. The lowest BCUT2D eigenvalue weighted by Crippen LogP contribution is -2.17. The predicted molar refractivity (Wildman–Crippen MR) is 30.2 cm³/mol. The molecule has 0 radical (unpaired) electrons. The Morgan fingerprint density at radius 2 is 1.91 bits per heavy atom. The van der Waals surface area contributed by atoms with Gasteiger partial charge in [0, 0.05) is 0 Å². The minimum Gasteiger partial charge on any atom is -0.344 e. The van der Waals surface area contributed by atoms with Crippen LogP contribution in [-0.4, -0.2) is 17.3 Å². The molecule has 11 heavy (non-hydrogen) atoms. The molecule has 0 saturated carbocycles. The molecule has 0 aromatic rings. The highest BCUT2D eigenvalue weighted by Gasteiger charge is 2.06. The standard InChI is InChI=1S/C4HN3O3.H3N/c5-2-7(3-6)10-4(9)1-8;/h1H;1H3. The molecular weight excluding hydrogens is 152 g/mol. The van der Waals surface area contributed by atoms with Crippen molar-refractivity contribution in [3.63, 3.8) is 0 Å². The lowest BCUT2D eigenvalue weighted by molar-refractivity contribution is -0.167. The molecule has 0 heterocycles. The molecule has 0 aromatic heterocycles. The van der Waals surface area contributed by atoms with Gasteiger partial charge < -0.3 is 11.0 Å². The summed E-state index contributed by atoms with van der Waals surface area (Å²) in [4.78, 5) is 23.4. The van der Waals surface area contributed by atoms with Gasteiger partial charge in [-0.3, -0.25) is 4.79 Å². The SMILES string of the molecule is N.N#CN(C#N)OC(=O)C=O. The van der Waals surface area contributed by atoms with E-state index in [0.29, 0.717) is 0 Å². The van der Waals surface area contributed by atoms with E-state index >= 15 is 0 Å². The predicted octanol–water partition coefficient (Wildman–Crippen LogP) is -0.930. The van der Waals surface area contributed by atoms with E-state index in [1.54, 1.807) is 0 Å². The Hall–Kier alpha value is -2.12. The van der Waals surface area contributed by atoms with Crippen LogP contribution in [0.2, 0.25) is 0 Å². The van der Waals surface area contributed by atoms with E-state index < -0.39 is 5.97 Å². The third-order valence-electron chi connectivity index (χ3n) is 0.459. The van der Waals surface area contributed by atoms with Gasteiger partial charge in [-0.25, -0.2) is 4.79 Å². The van der Waals surface area contributed by atoms with Crippen molar-refractivity contribution in [2.75, 3.05) is 0 Å². The number of nitrogens with zero attached hydrogens (tertiary/aromatic N) is 3. The zero-order valence-corrected chi connectivity index (χ0v) is 5.35. The van der Waals surface area contributed by atoms with Gasteiger partial charge in [0.2, 0.25) is 18.7 Å². The maximum Gasteiger partial charge on any atom is 0.397 e. The van der Waals surface area contributed by atoms with Crippen LogP contribution in [0.1, 0.15) is 0 Å². The Balaban J connectivity index is 0. The van der Waals surface area contributed by atoms with Gasteiger partial charge in [0.15, 0.2) is 0 Å². The van der Waals surface area contributed by atoms with Gasteiger partial charge in [-0.2, -0.15) is 10.5 Å². The van der Waals surface area contributed by atoms with Crippen molar-refractivity contribution in [1.29, 1.82) is 10.5 Å². The molecule has 0 amide bonds. The molecule has 7 heteroatoms. The van der Waals surface area contributed by atoms with Gasteiger partial charge in [0.1, 0.15) is 0 Å². The topological polar surface area (TPSA) is 129 Å². The highest BCUT2D eigenvalue weighted by Crippen LogP contribution is 1.82. The number of nitriles is 2. The summed E-state index contributed by atoms with van der Waals surface area (Å²) < 4.78 is 0. The van der Waals surface area contributed by atoms with Crippen LogP contribution in [0.5, 0.6) is 0 Å². The molecule has 0 aromatic carbocycles. The summed E-state index contributed by atoms with van der Waals surface area (Å²) in [6.07, 6.45) is 2.22. The molecule has 0 spiro atoms. The summed E-state index contributed by atoms with van der Waals surface area (Å²) in [7, 11) is 0. The lowest BCUT2D eigenvalue weighted by atomic mass is 10.8. The normalized spacial score (nSPS) is 6.00. The molecule has 0 unspecified atom stereocenters. The van der Waals surface area contributed by atoms with Crippen molar-refractivity contribution in [1.82, 2.24) is 11.2 Å². The Kier molecular flexibility index (Phi) is 6.36. The van der Waals surface area contributed by atoms with E-state index in [1.807, 2.05) is 0 Å². The van der Waals surface area contributed by atoms with Crippen LogP contribution in [0.25, 0.3) is 0 Å². The smallest absolute Gasteiger partial charge is 0.344 e. The number of rotatable bonds is 2. The van der Waals surface area contributed by atoms with Gasteiger partial charge in [0.25, 0.3) is 0 Å². The number of hydrogen-bond acceptors (Lipinski definition) is 7. The molecule has 0 rings (SSSR count). The van der Waals surface area contributed by atoms with Crippen molar-refractivity contribution in [3.8, 4) is 12.4 Å². The molecule has 0 atom stereocenters. The molecule has 58 valence electrons. The average molecular weight is 156 g/mol. The molecular formula is C4H4N4O3. The van der Waals surface area contributed by atoms with Crippen LogP contribution in [0.15, 0.2) is 0 Å². The van der Waals surface area contributed by atoms with Crippen LogP contribution in [0, 0.1) is 22.9 Å². The minimum atomic E-state index is -1.29. The molecule has 0 saturated heterocycles. The van der Waals surface area contributed by atoms with Crippen LogP contribution >= 0.6 is 0 Å². The summed E-state index contributed by atoms with van der Waals surface area (Å²) in [6, 6.07) is 0. The van der Waals surface area contributed by atoms with Gasteiger partial charge in [-0.1, -0.05) is 0 Å². The fraction of sp³-hybridized carbons (Fsp3) is 0. The Morgan fingerprint density at radius 3 is 2.18 bits per heavy atom. The third kappa shape index (κ3) is 4.39. The zero-order chi connectivity index (χ0) is 7.98. The number of hydroxylamine groups is 2. The number of hydrogen-bond donors (Lipinski definition) is 1. The second kappa shape index (κ2) is 6.01. The summed E-state index contributed by atoms with van der Waals surface area (Å²) in [5, 5.41) is 15.9. The van der Waals surface area contributed by atoms with Crippen LogP contribution in [0.3, 0.4) is 0 Å². The molecule has 0 aliphatic heterocycles. The molecule has 0 aliphatic rings. The highest BCUT2D eigenvalue weighted by molar-refractivity contribution is 6.20. The summed E-state index contributed by atoms with van der Waals surface area (Å²) in [6.45, 7) is 0. The van der Waals surface area contributed by atoms with Crippen molar-refractivity contribution >= 4 is 12.3 Å². The molecule has 7 nitrogen and oxygen atoms in total. The first-order valence-corrected chi connectivity index (χ1v) is 2.01. The van der Waals surface area contributed by atoms with E-state index in [-0.39, 0.29) is 17.5 Å². The summed E-state index contributed by atoms with van der Waals surface area (Å²) in [5.74, 6) is -1.29. The van der Waals surface area contributed by atoms with E-state index in [4.69, 9.17) is 10.5 Å². The fourth-order valence-corrected chi connectivity index (χ4v) is 0.175. The fourth-order valence-electron chi connectivity index (χ4n) is 0.175. The van der Waals surface area contributed by atoms with Gasteiger partial charge >= 0.3 is 5.97 Å². The molecule has 0 bridgehead atoms. The maximum absolute atomic E-state index is 10.0. The number of carbonyl (C=O) groups is 2. The van der Waals surface area contributed by atoms with Gasteiger partial charge in [0.05, 0.1) is 0 Å². The summed E-state index contributed by atoms with van der Waals surface area (Å²) in [5.41, 5.74) is 0. The van der Waals surface area contributed by atoms with E-state index in [9.17, 15) is 9.59 Å². The monoisotopic (exact) mass is 156 g/mol. The van der Waals surface area contributed by atoms with Crippen LogP contribution in [-0.2, 0) is 14.4 Å². The molecule has 0 aliphatic carbocycles. The third-order valence-corrected chi connectivity index (χ3v) is 0.459. The van der Waals surface area contributed by atoms with E-state index in [0.717, 1.165) is 0 Å². The average Bonchev–Trinajstić information content (AvgIpc) is 1.99. The van der Waals surface area contributed by atoms with Crippen molar-refractivity contribution in [2.45, 2.75) is 0 Å². The van der Waals surface area contributed by atoms with Crippen molar-refractivity contribution in [3.05, 3.63) is 0 Å². The Labute approximate surface area is 61.9 Å². The second-order valence-electron chi connectivity index (χ2n) is 1.02. The van der Waals surface area contributed by atoms with E-state index in [1.165, 1.54) is 12.4 Å². The molecule has 3 N–H and O–H groups in total. The second-order valence-corrected chi connectivity index (χ2v) is 1.02. The van der Waals surface area contributed by atoms with Crippen LogP contribution in [0.4, 0.5) is 0 Å². The van der Waals surface area contributed by atoms with Crippen molar-refractivity contribution < 1.29 is 14.4 Å². The lowest BCUT2D eigenvalue weighted by Gasteiger charge is -1.98. The first-order chi connectivity index (χ1) is 4.74. The van der Waals surface area contributed by atoms with E-state index in [2.05, 4.69) is 4.84 Å². The Bertz CT molecular complexity index is 210. The highest BCUT2D eigenvalue weighted by atomic mass is 16.7. The summed E-state index contributed by atoms with van der Waals surface area (Å²) >= 11 is 0. The van der Waals surface area contributed by atoms with Gasteiger partial charge in [-0.05, 0) is 5.06 Å². The largest absolute Gasteiger partial charge is 0.397 e. The quantitative estimate of drug-likeness (QED) is 0.179. The number of carbonyl (C=O) groups excluding carboxylic acids is 2. The minimum absolute atomic E-state index is 0. The van der Waals surface area contributed by atoms with Crippen LogP contribution < -0.4 is 6.15 Å². The number of aldehydes is 1. The van der Waals surface area contributed by atoms with Gasteiger partial charge in [-0.15, -0.1) is 0 Å². The Morgan fingerprint density at radius 1 is 1.45 bits per heavy atom. The first-order valence-electron chi connectivity index (χ1n) is 2.01. The molecule has 0 fully saturated rings. The first kappa shape index (κ1) is 11.6. The maximum atomic E-state index is 10.0.